The van der Waals surface area contributed by atoms with Gasteiger partial charge in [-0.3, -0.25) is 0 Å². The molecule has 1 aliphatic rings. The fraction of sp³-hybridized carbons (Fsp3) is 0.667. The van der Waals surface area contributed by atoms with E-state index in [4.69, 9.17) is 24.4 Å². The SMILES string of the molecule is S=C(S)N1CCN(C(=S)S)CC1.[K]. The van der Waals surface area contributed by atoms with E-state index in [2.05, 4.69) is 35.1 Å². The molecular formula is C6H10KN2S4. The molecule has 0 aromatic carbocycles. The summed E-state index contributed by atoms with van der Waals surface area (Å²) in [5.41, 5.74) is 0. The molecule has 1 radical (unpaired) electrons. The Bertz CT molecular complexity index is 181. The van der Waals surface area contributed by atoms with Crippen molar-refractivity contribution >= 4 is 110 Å². The Morgan fingerprint density at radius 2 is 1.08 bits per heavy atom. The molecule has 0 unspecified atom stereocenters. The van der Waals surface area contributed by atoms with Crippen LogP contribution in [0.1, 0.15) is 0 Å². The molecule has 0 N–H and O–H groups in total. The molecule has 0 aromatic rings. The monoisotopic (exact) mass is 277 g/mol. The number of piperazine rings is 1. The molecule has 0 aromatic heterocycles. The zero-order valence-corrected chi connectivity index (χ0v) is 14.0. The van der Waals surface area contributed by atoms with Crippen molar-refractivity contribution in [2.45, 2.75) is 0 Å². The second-order valence-corrected chi connectivity index (χ2v) is 4.76. The summed E-state index contributed by atoms with van der Waals surface area (Å²) < 4.78 is 1.33. The minimum absolute atomic E-state index is 0. The Balaban J connectivity index is 0.00000144. The van der Waals surface area contributed by atoms with Gasteiger partial charge in [-0.25, -0.2) is 0 Å². The quantitative estimate of drug-likeness (QED) is 0.381. The van der Waals surface area contributed by atoms with Crippen LogP contribution in [0.2, 0.25) is 0 Å². The zero-order valence-electron chi connectivity index (χ0n) is 7.43. The maximum Gasteiger partial charge on any atom is 0.133 e. The topological polar surface area (TPSA) is 6.48 Å². The van der Waals surface area contributed by atoms with Crippen LogP contribution in [0.15, 0.2) is 0 Å². The van der Waals surface area contributed by atoms with E-state index in [1.54, 1.807) is 0 Å². The molecular weight excluding hydrogens is 267 g/mol. The third-order valence-electron chi connectivity index (χ3n) is 1.82. The molecule has 0 saturated carbocycles. The third-order valence-corrected chi connectivity index (χ3v) is 2.90. The minimum Gasteiger partial charge on any atom is -0.354 e. The summed E-state index contributed by atoms with van der Waals surface area (Å²) in [6, 6.07) is 0. The number of hydrogen-bond acceptors (Lipinski definition) is 2. The fourth-order valence-corrected chi connectivity index (χ4v) is 1.85. The predicted octanol–water partition coefficient (Wildman–Crippen LogP) is 0.653. The van der Waals surface area contributed by atoms with E-state index in [9.17, 15) is 0 Å². The van der Waals surface area contributed by atoms with Gasteiger partial charge in [-0.1, -0.05) is 24.4 Å². The molecule has 0 aliphatic carbocycles. The maximum atomic E-state index is 4.94. The van der Waals surface area contributed by atoms with Crippen LogP contribution in [-0.2, 0) is 0 Å². The number of nitrogens with zero attached hydrogens (tertiary/aromatic N) is 2. The van der Waals surface area contributed by atoms with Crippen LogP contribution < -0.4 is 0 Å². The zero-order chi connectivity index (χ0) is 9.14. The van der Waals surface area contributed by atoms with E-state index in [-0.39, 0.29) is 51.4 Å². The molecule has 1 rings (SSSR count). The van der Waals surface area contributed by atoms with Crippen LogP contribution >= 0.6 is 49.7 Å². The van der Waals surface area contributed by atoms with Crippen molar-refractivity contribution in [2.75, 3.05) is 26.2 Å². The van der Waals surface area contributed by atoms with Crippen molar-refractivity contribution in [1.82, 2.24) is 9.80 Å². The summed E-state index contributed by atoms with van der Waals surface area (Å²) in [6.45, 7) is 3.57. The Labute approximate surface area is 143 Å². The first-order chi connectivity index (χ1) is 5.61. The Morgan fingerprint density at radius 1 is 0.846 bits per heavy atom. The molecule has 0 atom stereocenters. The van der Waals surface area contributed by atoms with Gasteiger partial charge in [-0.15, -0.1) is 25.3 Å². The summed E-state index contributed by atoms with van der Waals surface area (Å²) in [4.78, 5) is 4.11. The average molecular weight is 278 g/mol. The molecule has 0 amide bonds. The van der Waals surface area contributed by atoms with Crippen LogP contribution in [0.5, 0.6) is 0 Å². The van der Waals surface area contributed by atoms with Gasteiger partial charge in [0, 0.05) is 77.6 Å². The van der Waals surface area contributed by atoms with E-state index in [0.717, 1.165) is 26.2 Å². The minimum atomic E-state index is 0. The van der Waals surface area contributed by atoms with Crippen molar-refractivity contribution in [3.05, 3.63) is 0 Å². The Morgan fingerprint density at radius 3 is 1.23 bits per heavy atom. The summed E-state index contributed by atoms with van der Waals surface area (Å²) in [7, 11) is 0. The van der Waals surface area contributed by atoms with Crippen LogP contribution in [0, 0.1) is 0 Å². The first kappa shape index (κ1) is 15.1. The number of rotatable bonds is 0. The molecule has 1 fully saturated rings. The summed E-state index contributed by atoms with van der Waals surface area (Å²) in [5.74, 6) is 0. The van der Waals surface area contributed by atoms with E-state index < -0.39 is 0 Å². The van der Waals surface area contributed by atoms with Crippen LogP contribution in [0.4, 0.5) is 0 Å². The normalized spacial score (nSPS) is 16.5. The molecule has 7 heteroatoms. The molecule has 69 valence electrons. The van der Waals surface area contributed by atoms with Crippen molar-refractivity contribution in [3.63, 3.8) is 0 Å². The number of hydrogen-bond donors (Lipinski definition) is 2. The van der Waals surface area contributed by atoms with Crippen molar-refractivity contribution in [1.29, 1.82) is 0 Å². The molecule has 2 nitrogen and oxygen atoms in total. The van der Waals surface area contributed by atoms with Crippen LogP contribution in [-0.4, -0.2) is 96.0 Å². The van der Waals surface area contributed by atoms with E-state index >= 15 is 0 Å². The van der Waals surface area contributed by atoms with Crippen molar-refractivity contribution < 1.29 is 0 Å². The molecule has 0 spiro atoms. The van der Waals surface area contributed by atoms with Crippen molar-refractivity contribution in [3.8, 4) is 0 Å². The summed E-state index contributed by atoms with van der Waals surface area (Å²) in [5, 5.41) is 0. The maximum absolute atomic E-state index is 4.94. The average Bonchev–Trinajstić information content (AvgIpc) is 2.04. The van der Waals surface area contributed by atoms with Gasteiger partial charge < -0.3 is 9.80 Å². The predicted molar refractivity (Wildman–Crippen MR) is 72.1 cm³/mol. The van der Waals surface area contributed by atoms with Crippen molar-refractivity contribution in [2.24, 2.45) is 0 Å². The number of thiocarbonyl (C=S) groups is 2. The van der Waals surface area contributed by atoms with Gasteiger partial charge in [-0.2, -0.15) is 0 Å². The van der Waals surface area contributed by atoms with Crippen LogP contribution in [0.25, 0.3) is 0 Å². The van der Waals surface area contributed by atoms with E-state index in [0.29, 0.717) is 8.64 Å². The Hall–Kier alpha value is 2.12. The molecule has 13 heavy (non-hydrogen) atoms. The summed E-state index contributed by atoms with van der Waals surface area (Å²) >= 11 is 18.1. The second kappa shape index (κ2) is 7.40. The van der Waals surface area contributed by atoms with Gasteiger partial charge in [-0.05, 0) is 0 Å². The van der Waals surface area contributed by atoms with Gasteiger partial charge >= 0.3 is 0 Å². The van der Waals surface area contributed by atoms with Gasteiger partial charge in [0.2, 0.25) is 0 Å². The molecule has 1 saturated heterocycles. The first-order valence-electron chi connectivity index (χ1n) is 3.57. The molecule has 1 heterocycles. The van der Waals surface area contributed by atoms with Gasteiger partial charge in [0.25, 0.3) is 0 Å². The standard InChI is InChI=1S/C6H10N2S4.K/c9-5(10)7-1-2-8(4-3-7)6(11)12;/h1-4H2,(H,9,10)(H,11,12);. The largest absolute Gasteiger partial charge is 0.354 e. The summed E-state index contributed by atoms with van der Waals surface area (Å²) in [6.07, 6.45) is 0. The first-order valence-corrected chi connectivity index (χ1v) is 5.28. The van der Waals surface area contributed by atoms with Gasteiger partial charge in [0.15, 0.2) is 0 Å². The third kappa shape index (κ3) is 5.12. The van der Waals surface area contributed by atoms with Gasteiger partial charge in [0.1, 0.15) is 8.64 Å². The fourth-order valence-electron chi connectivity index (χ4n) is 1.09. The smallest absolute Gasteiger partial charge is 0.133 e. The second-order valence-electron chi connectivity index (χ2n) is 2.54. The number of thiol groups is 2. The Kier molecular flexibility index (Phi) is 8.60. The van der Waals surface area contributed by atoms with E-state index in [1.165, 1.54) is 0 Å². The van der Waals surface area contributed by atoms with Crippen LogP contribution in [0.3, 0.4) is 0 Å². The molecule has 0 bridgehead atoms. The van der Waals surface area contributed by atoms with Gasteiger partial charge in [0.05, 0.1) is 0 Å². The van der Waals surface area contributed by atoms with E-state index in [1.807, 2.05) is 0 Å². The molecule has 1 aliphatic heterocycles.